The molecule has 0 spiro atoms. The molecule has 0 N–H and O–H groups in total. The van der Waals surface area contributed by atoms with Gasteiger partial charge in [-0.25, -0.2) is 0 Å². The molecule has 16 heavy (non-hydrogen) atoms. The fraction of sp³-hybridized carbons (Fsp3) is 0.462. The second-order valence-corrected chi connectivity index (χ2v) is 4.47. The lowest BCUT2D eigenvalue weighted by molar-refractivity contribution is 0.336. The van der Waals surface area contributed by atoms with Crippen molar-refractivity contribution in [2.75, 3.05) is 12.4 Å². The van der Waals surface area contributed by atoms with E-state index < -0.39 is 0 Å². The van der Waals surface area contributed by atoms with Gasteiger partial charge in [0.25, 0.3) is 0 Å². The molecule has 1 aromatic carbocycles. The van der Waals surface area contributed by atoms with Crippen LogP contribution in [-0.2, 0) is 6.42 Å². The zero-order valence-corrected chi connectivity index (χ0v) is 10.6. The predicted molar refractivity (Wildman–Crippen MR) is 68.7 cm³/mol. The van der Waals surface area contributed by atoms with E-state index in [9.17, 15) is 0 Å². The molecule has 0 aromatic heterocycles. The van der Waals surface area contributed by atoms with Gasteiger partial charge < -0.3 is 4.74 Å². The number of aryl methyl sites for hydroxylation is 2. The third-order valence-corrected chi connectivity index (χ3v) is 2.89. The van der Waals surface area contributed by atoms with Gasteiger partial charge in [-0.3, -0.25) is 0 Å². The first-order valence-corrected chi connectivity index (χ1v) is 6.49. The number of hydrogen-bond acceptors (Lipinski definition) is 3. The van der Waals surface area contributed by atoms with Crippen molar-refractivity contribution in [2.45, 2.75) is 26.7 Å². The van der Waals surface area contributed by atoms with Crippen LogP contribution < -0.4 is 4.74 Å². The fourth-order valence-electron chi connectivity index (χ4n) is 1.58. The molecule has 0 aliphatic rings. The lowest BCUT2D eigenvalue weighted by Crippen LogP contribution is -1.98. The average molecular weight is 235 g/mol. The smallest absolute Gasteiger partial charge is 0.133 e. The maximum atomic E-state index is 8.43. The second-order valence-electron chi connectivity index (χ2n) is 3.59. The Hall–Kier alpha value is -1.14. The van der Waals surface area contributed by atoms with Gasteiger partial charge in [0, 0.05) is 5.75 Å². The molecule has 0 saturated carbocycles. The molecule has 1 aromatic rings. The largest absolute Gasteiger partial charge is 0.494 e. The van der Waals surface area contributed by atoms with E-state index in [1.54, 1.807) is 0 Å². The van der Waals surface area contributed by atoms with Crippen LogP contribution in [0.4, 0.5) is 0 Å². The van der Waals surface area contributed by atoms with Crippen molar-refractivity contribution in [1.29, 1.82) is 5.26 Å². The Labute approximate surface area is 102 Å². The molecule has 0 bridgehead atoms. The molecule has 1 rings (SSSR count). The Balaban J connectivity index is 2.61. The minimum atomic E-state index is 0.697. The highest BCUT2D eigenvalue weighted by Gasteiger charge is 2.03. The molecule has 0 radical (unpaired) electrons. The zero-order chi connectivity index (χ0) is 11.8. The third kappa shape index (κ3) is 4.16. The van der Waals surface area contributed by atoms with Crippen LogP contribution in [0, 0.1) is 17.6 Å². The first-order valence-electron chi connectivity index (χ1n) is 5.51. The number of thioether (sulfide) groups is 1. The van der Waals surface area contributed by atoms with Gasteiger partial charge in [-0.2, -0.15) is 5.26 Å². The highest BCUT2D eigenvalue weighted by molar-refractivity contribution is 8.03. The van der Waals surface area contributed by atoms with Gasteiger partial charge >= 0.3 is 0 Å². The highest BCUT2D eigenvalue weighted by Crippen LogP contribution is 2.22. The van der Waals surface area contributed by atoms with Crippen LogP contribution in [0.2, 0.25) is 0 Å². The molecular formula is C13H17NOS. The maximum absolute atomic E-state index is 8.43. The van der Waals surface area contributed by atoms with Gasteiger partial charge in [-0.15, -0.1) is 0 Å². The van der Waals surface area contributed by atoms with Gasteiger partial charge in [0.15, 0.2) is 0 Å². The van der Waals surface area contributed by atoms with Crippen LogP contribution in [0.1, 0.15) is 24.5 Å². The number of thiocyanates is 1. The summed E-state index contributed by atoms with van der Waals surface area (Å²) < 4.78 is 5.58. The van der Waals surface area contributed by atoms with Crippen molar-refractivity contribution in [3.8, 4) is 11.2 Å². The molecule has 3 heteroatoms. The minimum Gasteiger partial charge on any atom is -0.494 e. The molecule has 0 fully saturated rings. The van der Waals surface area contributed by atoms with E-state index in [2.05, 4.69) is 24.5 Å². The van der Waals surface area contributed by atoms with E-state index in [1.807, 2.05) is 13.0 Å². The molecule has 0 saturated heterocycles. The summed E-state index contributed by atoms with van der Waals surface area (Å²) in [7, 11) is 0. The van der Waals surface area contributed by atoms with E-state index in [-0.39, 0.29) is 0 Å². The second kappa shape index (κ2) is 7.19. The van der Waals surface area contributed by atoms with E-state index in [4.69, 9.17) is 10.00 Å². The summed E-state index contributed by atoms with van der Waals surface area (Å²) in [5.74, 6) is 1.87. The molecule has 0 heterocycles. The lowest BCUT2D eigenvalue weighted by Gasteiger charge is -2.10. The van der Waals surface area contributed by atoms with Crippen LogP contribution in [0.3, 0.4) is 0 Å². The summed E-state index contributed by atoms with van der Waals surface area (Å²) >= 11 is 1.32. The summed E-state index contributed by atoms with van der Waals surface area (Å²) in [4.78, 5) is 0. The molecule has 0 atom stereocenters. The molecule has 0 unspecified atom stereocenters. The van der Waals surface area contributed by atoms with E-state index in [0.29, 0.717) is 6.61 Å². The Bertz CT molecular complexity index is 371. The Morgan fingerprint density at radius 3 is 2.94 bits per heavy atom. The summed E-state index contributed by atoms with van der Waals surface area (Å²) in [5, 5.41) is 10.5. The Morgan fingerprint density at radius 2 is 2.25 bits per heavy atom. The average Bonchev–Trinajstić information content (AvgIpc) is 2.28. The maximum Gasteiger partial charge on any atom is 0.133 e. The number of hydrogen-bond donors (Lipinski definition) is 0. The summed E-state index contributed by atoms with van der Waals surface area (Å²) in [6, 6.07) is 6.27. The van der Waals surface area contributed by atoms with Crippen molar-refractivity contribution in [3.05, 3.63) is 29.3 Å². The van der Waals surface area contributed by atoms with Crippen LogP contribution in [0.5, 0.6) is 5.75 Å². The highest BCUT2D eigenvalue weighted by atomic mass is 32.2. The fourth-order valence-corrected chi connectivity index (χ4v) is 1.96. The van der Waals surface area contributed by atoms with E-state index in [0.717, 1.165) is 24.3 Å². The van der Waals surface area contributed by atoms with Crippen molar-refractivity contribution in [2.24, 2.45) is 0 Å². The van der Waals surface area contributed by atoms with Crippen LogP contribution in [0.25, 0.3) is 0 Å². The molecule has 2 nitrogen and oxygen atoms in total. The van der Waals surface area contributed by atoms with Crippen molar-refractivity contribution >= 4 is 11.8 Å². The van der Waals surface area contributed by atoms with Crippen LogP contribution in [-0.4, -0.2) is 12.4 Å². The van der Waals surface area contributed by atoms with Crippen molar-refractivity contribution in [3.63, 3.8) is 0 Å². The number of nitrogens with zero attached hydrogens (tertiary/aromatic N) is 1. The number of benzene rings is 1. The van der Waals surface area contributed by atoms with Gasteiger partial charge in [0.1, 0.15) is 11.2 Å². The Kier molecular flexibility index (Phi) is 5.81. The van der Waals surface area contributed by atoms with Gasteiger partial charge in [-0.1, -0.05) is 17.7 Å². The van der Waals surface area contributed by atoms with Crippen molar-refractivity contribution < 1.29 is 4.74 Å². The summed E-state index contributed by atoms with van der Waals surface area (Å²) in [6.45, 7) is 4.78. The van der Waals surface area contributed by atoms with Gasteiger partial charge in [-0.05, 0) is 50.1 Å². The van der Waals surface area contributed by atoms with Gasteiger partial charge in [0.05, 0.1) is 6.61 Å². The first kappa shape index (κ1) is 12.9. The van der Waals surface area contributed by atoms with Crippen LogP contribution >= 0.6 is 11.8 Å². The molecule has 0 aliphatic heterocycles. The topological polar surface area (TPSA) is 33.0 Å². The third-order valence-electron chi connectivity index (χ3n) is 2.27. The first-order chi connectivity index (χ1) is 7.77. The monoisotopic (exact) mass is 235 g/mol. The number of ether oxygens (including phenoxy) is 1. The van der Waals surface area contributed by atoms with Crippen molar-refractivity contribution in [1.82, 2.24) is 0 Å². The molecule has 0 amide bonds. The molecule has 86 valence electrons. The lowest BCUT2D eigenvalue weighted by atomic mass is 10.1. The zero-order valence-electron chi connectivity index (χ0n) is 9.82. The molecular weight excluding hydrogens is 218 g/mol. The van der Waals surface area contributed by atoms with Crippen LogP contribution in [0.15, 0.2) is 18.2 Å². The minimum absolute atomic E-state index is 0.697. The van der Waals surface area contributed by atoms with E-state index in [1.165, 1.54) is 22.9 Å². The van der Waals surface area contributed by atoms with E-state index >= 15 is 0 Å². The summed E-state index contributed by atoms with van der Waals surface area (Å²) in [5.41, 5.74) is 2.51. The quantitative estimate of drug-likeness (QED) is 0.558. The molecule has 0 aliphatic carbocycles. The SMILES string of the molecule is CCOc1ccc(C)cc1CCCSC#N. The standard InChI is InChI=1S/C13H17NOS/c1-3-15-13-7-6-11(2)9-12(13)5-4-8-16-10-14/h6-7,9H,3-5,8H2,1-2H3. The predicted octanol–water partition coefficient (Wildman–Crippen LogP) is 3.54. The summed E-state index contributed by atoms with van der Waals surface area (Å²) in [6.07, 6.45) is 1.99. The Morgan fingerprint density at radius 1 is 1.44 bits per heavy atom. The normalized spacial score (nSPS) is 9.81. The number of nitriles is 1. The van der Waals surface area contributed by atoms with Gasteiger partial charge in [0.2, 0.25) is 0 Å². The number of rotatable bonds is 6.